The van der Waals surface area contributed by atoms with Gasteiger partial charge in [0, 0.05) is 37.9 Å². The fourth-order valence-electron chi connectivity index (χ4n) is 3.12. The van der Waals surface area contributed by atoms with Crippen molar-refractivity contribution >= 4 is 11.6 Å². The maximum absolute atomic E-state index is 13.0. The number of fused-ring (bicyclic) bond motifs is 1. The Hall–Kier alpha value is -2.63. The molecule has 0 saturated carbocycles. The summed E-state index contributed by atoms with van der Waals surface area (Å²) in [6.45, 7) is 3.48. The summed E-state index contributed by atoms with van der Waals surface area (Å²) in [5.74, 6) is 0.307. The number of benzene rings is 1. The summed E-state index contributed by atoms with van der Waals surface area (Å²) in [5, 5.41) is 7.94. The zero-order valence-corrected chi connectivity index (χ0v) is 14.3. The predicted octanol–water partition coefficient (Wildman–Crippen LogP) is 2.36. The molecule has 3 rings (SSSR count). The van der Waals surface area contributed by atoms with Crippen LogP contribution in [0.2, 0.25) is 0 Å². The summed E-state index contributed by atoms with van der Waals surface area (Å²) in [6.07, 6.45) is 0.883. The van der Waals surface area contributed by atoms with E-state index in [4.69, 9.17) is 4.74 Å². The van der Waals surface area contributed by atoms with Crippen LogP contribution in [0.4, 0.5) is 5.69 Å². The molecule has 2 heterocycles. The van der Waals surface area contributed by atoms with E-state index in [0.29, 0.717) is 18.1 Å². The molecule has 1 aromatic heterocycles. The Morgan fingerprint density at radius 2 is 2.04 bits per heavy atom. The van der Waals surface area contributed by atoms with Crippen LogP contribution in [0.1, 0.15) is 29.4 Å². The van der Waals surface area contributed by atoms with Gasteiger partial charge in [0.2, 0.25) is 5.88 Å². The largest absolute Gasteiger partial charge is 0.480 e. The van der Waals surface area contributed by atoms with Crippen molar-refractivity contribution in [3.63, 3.8) is 0 Å². The molecular weight excluding hydrogens is 304 g/mol. The van der Waals surface area contributed by atoms with Crippen LogP contribution in [0.15, 0.2) is 36.4 Å². The molecule has 0 radical (unpaired) electrons. The Bertz CT molecular complexity index is 717. The van der Waals surface area contributed by atoms with Crippen LogP contribution in [-0.2, 0) is 6.54 Å². The molecule has 1 aliphatic heterocycles. The minimum absolute atomic E-state index is 0.0953. The number of hydrogen-bond donors (Lipinski definition) is 0. The summed E-state index contributed by atoms with van der Waals surface area (Å²) in [7, 11) is 3.60. The molecule has 1 atom stereocenters. The van der Waals surface area contributed by atoms with E-state index >= 15 is 0 Å². The summed E-state index contributed by atoms with van der Waals surface area (Å²) < 4.78 is 5.01. The molecule has 0 N–H and O–H groups in total. The van der Waals surface area contributed by atoms with Crippen molar-refractivity contribution in [1.29, 1.82) is 0 Å². The van der Waals surface area contributed by atoms with Crippen LogP contribution < -0.4 is 9.64 Å². The topological polar surface area (TPSA) is 58.6 Å². The highest BCUT2D eigenvalue weighted by Crippen LogP contribution is 2.27. The lowest BCUT2D eigenvalue weighted by atomic mass is 10.1. The van der Waals surface area contributed by atoms with Gasteiger partial charge in [-0.25, -0.2) is 0 Å². The van der Waals surface area contributed by atoms with Gasteiger partial charge in [-0.3, -0.25) is 4.79 Å². The fraction of sp³-hybridized carbons (Fsp3) is 0.389. The summed E-state index contributed by atoms with van der Waals surface area (Å²) in [6, 6.07) is 11.7. The second-order valence-corrected chi connectivity index (χ2v) is 5.97. The lowest BCUT2D eigenvalue weighted by Crippen LogP contribution is -2.43. The second-order valence-electron chi connectivity index (χ2n) is 5.97. The van der Waals surface area contributed by atoms with Crippen molar-refractivity contribution in [2.45, 2.75) is 25.9 Å². The number of ether oxygens (including phenoxy) is 1. The molecule has 0 aliphatic carbocycles. The Morgan fingerprint density at radius 3 is 2.71 bits per heavy atom. The van der Waals surface area contributed by atoms with E-state index in [0.717, 1.165) is 18.5 Å². The molecule has 1 unspecified atom stereocenters. The van der Waals surface area contributed by atoms with Crippen LogP contribution >= 0.6 is 0 Å². The minimum Gasteiger partial charge on any atom is -0.480 e. The van der Waals surface area contributed by atoms with Crippen molar-refractivity contribution in [2.24, 2.45) is 0 Å². The molecule has 0 spiro atoms. The van der Waals surface area contributed by atoms with Gasteiger partial charge in [0.25, 0.3) is 5.91 Å². The number of nitrogens with zero attached hydrogens (tertiary/aromatic N) is 4. The molecule has 6 heteroatoms. The van der Waals surface area contributed by atoms with Gasteiger partial charge in [-0.1, -0.05) is 25.1 Å². The number of aromatic nitrogens is 2. The molecule has 6 nitrogen and oxygen atoms in total. The Labute approximate surface area is 142 Å². The van der Waals surface area contributed by atoms with Gasteiger partial charge in [-0.2, -0.15) is 0 Å². The maximum Gasteiger partial charge on any atom is 0.274 e. The summed E-state index contributed by atoms with van der Waals surface area (Å²) >= 11 is 0. The summed E-state index contributed by atoms with van der Waals surface area (Å²) in [5.41, 5.74) is 2.66. The van der Waals surface area contributed by atoms with E-state index in [1.807, 2.05) is 17.0 Å². The van der Waals surface area contributed by atoms with Gasteiger partial charge in [-0.15, -0.1) is 10.2 Å². The second kappa shape index (κ2) is 6.86. The molecule has 0 saturated heterocycles. The van der Waals surface area contributed by atoms with Crippen molar-refractivity contribution in [3.05, 3.63) is 47.7 Å². The van der Waals surface area contributed by atoms with Gasteiger partial charge in [0.1, 0.15) is 0 Å². The van der Waals surface area contributed by atoms with Crippen LogP contribution in [0.3, 0.4) is 0 Å². The molecule has 1 aromatic carbocycles. The molecule has 2 aromatic rings. The number of methoxy groups -OCH3 is 1. The quantitative estimate of drug-likeness (QED) is 0.866. The summed E-state index contributed by atoms with van der Waals surface area (Å²) in [4.78, 5) is 17.1. The molecule has 24 heavy (non-hydrogen) atoms. The first-order valence-electron chi connectivity index (χ1n) is 8.11. The third kappa shape index (κ3) is 3.04. The third-order valence-corrected chi connectivity index (χ3v) is 4.47. The zero-order chi connectivity index (χ0) is 17.1. The number of likely N-dealkylation sites (N-methyl/N-ethyl adjacent to an activating group) is 1. The highest BCUT2D eigenvalue weighted by molar-refractivity contribution is 5.92. The number of carbonyl (C=O) groups is 1. The number of para-hydroxylation sites is 1. The normalized spacial score (nSPS) is 17.2. The minimum atomic E-state index is -0.0953. The van der Waals surface area contributed by atoms with Gasteiger partial charge in [0.05, 0.1) is 7.11 Å². The van der Waals surface area contributed by atoms with Crippen LogP contribution in [-0.4, -0.2) is 47.7 Å². The zero-order valence-electron chi connectivity index (χ0n) is 14.3. The van der Waals surface area contributed by atoms with Crippen LogP contribution in [0.5, 0.6) is 5.88 Å². The van der Waals surface area contributed by atoms with Crippen molar-refractivity contribution in [2.75, 3.05) is 25.6 Å². The van der Waals surface area contributed by atoms with Gasteiger partial charge < -0.3 is 14.5 Å². The smallest absolute Gasteiger partial charge is 0.274 e. The number of amides is 1. The lowest BCUT2D eigenvalue weighted by molar-refractivity contribution is 0.0660. The first-order chi connectivity index (χ1) is 11.6. The predicted molar refractivity (Wildman–Crippen MR) is 92.2 cm³/mol. The van der Waals surface area contributed by atoms with Crippen LogP contribution in [0.25, 0.3) is 0 Å². The molecule has 126 valence electrons. The Balaban J connectivity index is 1.93. The first-order valence-corrected chi connectivity index (χ1v) is 8.11. The highest BCUT2D eigenvalue weighted by atomic mass is 16.5. The molecule has 0 fully saturated rings. The van der Waals surface area contributed by atoms with E-state index in [1.54, 1.807) is 12.1 Å². The number of carbonyl (C=O) groups excluding carboxylic acids is 1. The van der Waals surface area contributed by atoms with Crippen LogP contribution in [0, 0.1) is 0 Å². The third-order valence-electron chi connectivity index (χ3n) is 4.47. The van der Waals surface area contributed by atoms with Crippen molar-refractivity contribution in [3.8, 4) is 5.88 Å². The highest BCUT2D eigenvalue weighted by Gasteiger charge is 2.30. The van der Waals surface area contributed by atoms with E-state index in [9.17, 15) is 4.79 Å². The Morgan fingerprint density at radius 1 is 1.25 bits per heavy atom. The lowest BCUT2D eigenvalue weighted by Gasteiger charge is -2.30. The molecule has 1 amide bonds. The average Bonchev–Trinajstić information content (AvgIpc) is 2.78. The Kier molecular flexibility index (Phi) is 4.64. The average molecular weight is 326 g/mol. The maximum atomic E-state index is 13.0. The molecule has 1 aliphatic rings. The SMILES string of the molecule is CCC1CN(C)c2ccccc2CN1C(=O)c1ccc(OC)nn1. The standard InChI is InChI=1S/C18H22N4O2/c1-4-14-12-21(2)16-8-6-5-7-13(16)11-22(14)18(23)15-9-10-17(24-3)20-19-15/h5-10,14H,4,11-12H2,1-3H3. The number of hydrogen-bond acceptors (Lipinski definition) is 5. The van der Waals surface area contributed by atoms with E-state index in [2.05, 4.69) is 41.2 Å². The van der Waals surface area contributed by atoms with Crippen molar-refractivity contribution < 1.29 is 9.53 Å². The monoisotopic (exact) mass is 326 g/mol. The van der Waals surface area contributed by atoms with E-state index < -0.39 is 0 Å². The van der Waals surface area contributed by atoms with Crippen molar-refractivity contribution in [1.82, 2.24) is 15.1 Å². The van der Waals surface area contributed by atoms with E-state index in [1.165, 1.54) is 12.8 Å². The van der Waals surface area contributed by atoms with Gasteiger partial charge >= 0.3 is 0 Å². The molecule has 0 bridgehead atoms. The number of rotatable bonds is 3. The first kappa shape index (κ1) is 16.2. The van der Waals surface area contributed by atoms with Gasteiger partial charge in [-0.05, 0) is 24.1 Å². The van der Waals surface area contributed by atoms with E-state index in [-0.39, 0.29) is 11.9 Å². The fourth-order valence-corrected chi connectivity index (χ4v) is 3.12. The number of anilines is 1. The molecular formula is C18H22N4O2. The van der Waals surface area contributed by atoms with Gasteiger partial charge in [0.15, 0.2) is 5.69 Å².